The first-order valence-electron chi connectivity index (χ1n) is 12.9. The summed E-state index contributed by atoms with van der Waals surface area (Å²) in [4.78, 5) is 34.3. The highest BCUT2D eigenvalue weighted by molar-refractivity contribution is 7.10. The Morgan fingerprint density at radius 3 is 2.62 bits per heavy atom. The molecule has 0 spiro atoms. The number of thiophene rings is 1. The number of hydrogen-bond acceptors (Lipinski definition) is 6. The Hall–Kier alpha value is -3.36. The Kier molecular flexibility index (Phi) is 6.61. The van der Waals surface area contributed by atoms with Gasteiger partial charge < -0.3 is 19.3 Å². The Labute approximate surface area is 221 Å². The molecular formula is C29H31N3O4S. The molecule has 192 valence electrons. The van der Waals surface area contributed by atoms with E-state index in [1.165, 1.54) is 21.6 Å². The molecule has 37 heavy (non-hydrogen) atoms. The topological polar surface area (TPSA) is 62.3 Å². The highest BCUT2D eigenvalue weighted by Crippen LogP contribution is 2.39. The fourth-order valence-electron chi connectivity index (χ4n) is 5.65. The van der Waals surface area contributed by atoms with Crippen molar-refractivity contribution in [1.29, 1.82) is 0 Å². The smallest absolute Gasteiger partial charge is 0.254 e. The lowest BCUT2D eigenvalue weighted by Crippen LogP contribution is -2.45. The second-order valence-electron chi connectivity index (χ2n) is 9.87. The van der Waals surface area contributed by atoms with Gasteiger partial charge in [0.1, 0.15) is 0 Å². The van der Waals surface area contributed by atoms with E-state index in [0.717, 1.165) is 19.4 Å². The molecule has 0 bridgehead atoms. The zero-order valence-corrected chi connectivity index (χ0v) is 21.8. The highest BCUT2D eigenvalue weighted by Gasteiger charge is 2.33. The van der Waals surface area contributed by atoms with E-state index in [1.54, 1.807) is 18.2 Å². The third kappa shape index (κ3) is 4.71. The van der Waals surface area contributed by atoms with Gasteiger partial charge in [-0.3, -0.25) is 14.5 Å². The predicted molar refractivity (Wildman–Crippen MR) is 142 cm³/mol. The maximum Gasteiger partial charge on any atom is 0.254 e. The predicted octanol–water partition coefficient (Wildman–Crippen LogP) is 4.11. The summed E-state index contributed by atoms with van der Waals surface area (Å²) in [5.41, 5.74) is 4.43. The normalized spacial score (nSPS) is 19.4. The van der Waals surface area contributed by atoms with Crippen LogP contribution in [-0.4, -0.2) is 72.6 Å². The minimum atomic E-state index is -0.0340. The van der Waals surface area contributed by atoms with E-state index in [4.69, 9.17) is 9.47 Å². The van der Waals surface area contributed by atoms with E-state index >= 15 is 0 Å². The van der Waals surface area contributed by atoms with Gasteiger partial charge in [0.25, 0.3) is 5.91 Å². The van der Waals surface area contributed by atoms with Crippen LogP contribution in [0.5, 0.6) is 11.5 Å². The van der Waals surface area contributed by atoms with Crippen molar-refractivity contribution in [2.75, 3.05) is 46.1 Å². The van der Waals surface area contributed by atoms with E-state index < -0.39 is 0 Å². The molecule has 6 rings (SSSR count). The van der Waals surface area contributed by atoms with Crippen LogP contribution in [0.1, 0.15) is 44.4 Å². The van der Waals surface area contributed by atoms with Crippen LogP contribution in [-0.2, 0) is 11.2 Å². The first kappa shape index (κ1) is 24.0. The molecule has 3 aliphatic rings. The van der Waals surface area contributed by atoms with Crippen LogP contribution < -0.4 is 9.47 Å². The SMILES string of the molecule is Cc1ccccc1C1c2ccsc2CCN1CC(=O)N1CCCN(C(=O)c2ccc3c(c2)OCO3)CC1. The van der Waals surface area contributed by atoms with Crippen LogP contribution >= 0.6 is 11.3 Å². The molecule has 0 aliphatic carbocycles. The average Bonchev–Trinajstić information content (AvgIpc) is 3.51. The highest BCUT2D eigenvalue weighted by atomic mass is 32.1. The number of amides is 2. The van der Waals surface area contributed by atoms with E-state index in [1.807, 2.05) is 21.1 Å². The third-order valence-electron chi connectivity index (χ3n) is 7.64. The van der Waals surface area contributed by atoms with Crippen molar-refractivity contribution in [1.82, 2.24) is 14.7 Å². The minimum Gasteiger partial charge on any atom is -0.454 e. The quantitative estimate of drug-likeness (QED) is 0.521. The Bertz CT molecular complexity index is 1320. The number of fused-ring (bicyclic) bond motifs is 2. The molecule has 1 fully saturated rings. The molecule has 8 heteroatoms. The van der Waals surface area contributed by atoms with Crippen LogP contribution in [0.3, 0.4) is 0 Å². The molecule has 2 amide bonds. The van der Waals surface area contributed by atoms with Crippen molar-refractivity contribution in [2.24, 2.45) is 0 Å². The summed E-state index contributed by atoms with van der Waals surface area (Å²) in [5.74, 6) is 1.37. The zero-order chi connectivity index (χ0) is 25.4. The summed E-state index contributed by atoms with van der Waals surface area (Å²) in [6.45, 7) is 5.93. The fourth-order valence-corrected chi connectivity index (χ4v) is 6.56. The molecule has 4 heterocycles. The molecule has 0 radical (unpaired) electrons. The largest absolute Gasteiger partial charge is 0.454 e. The molecule has 0 N–H and O–H groups in total. The monoisotopic (exact) mass is 517 g/mol. The molecule has 3 aromatic rings. The Morgan fingerprint density at radius 2 is 1.73 bits per heavy atom. The number of aryl methyl sites for hydroxylation is 1. The van der Waals surface area contributed by atoms with Crippen molar-refractivity contribution < 1.29 is 19.1 Å². The second-order valence-corrected chi connectivity index (χ2v) is 10.9. The maximum atomic E-state index is 13.6. The van der Waals surface area contributed by atoms with E-state index in [-0.39, 0.29) is 24.6 Å². The van der Waals surface area contributed by atoms with Crippen LogP contribution in [0.25, 0.3) is 0 Å². The van der Waals surface area contributed by atoms with Gasteiger partial charge in [0.2, 0.25) is 12.7 Å². The van der Waals surface area contributed by atoms with Crippen LogP contribution in [0.15, 0.2) is 53.9 Å². The van der Waals surface area contributed by atoms with Crippen molar-refractivity contribution in [3.63, 3.8) is 0 Å². The van der Waals surface area contributed by atoms with Gasteiger partial charge in [-0.1, -0.05) is 24.3 Å². The van der Waals surface area contributed by atoms with Gasteiger partial charge in [0.15, 0.2) is 11.5 Å². The first-order valence-corrected chi connectivity index (χ1v) is 13.8. The summed E-state index contributed by atoms with van der Waals surface area (Å²) < 4.78 is 10.8. The van der Waals surface area contributed by atoms with Crippen molar-refractivity contribution in [3.05, 3.63) is 81.0 Å². The number of hydrogen-bond donors (Lipinski definition) is 0. The van der Waals surface area contributed by atoms with Crippen LogP contribution in [0.2, 0.25) is 0 Å². The minimum absolute atomic E-state index is 0.0340. The standard InChI is InChI=1S/C29H31N3O4S/c1-20-5-2-3-6-22(20)28-23-10-16-37-26(23)9-13-32(28)18-27(33)30-11-4-12-31(15-14-30)29(34)21-7-8-24-25(17-21)36-19-35-24/h2-3,5-8,10,16-17,28H,4,9,11-15,18-19H2,1H3. The molecule has 7 nitrogen and oxygen atoms in total. The molecule has 1 aromatic heterocycles. The lowest BCUT2D eigenvalue weighted by molar-refractivity contribution is -0.132. The number of rotatable bonds is 4. The van der Waals surface area contributed by atoms with Gasteiger partial charge in [0.05, 0.1) is 12.6 Å². The van der Waals surface area contributed by atoms with Gasteiger partial charge >= 0.3 is 0 Å². The summed E-state index contributed by atoms with van der Waals surface area (Å²) in [6.07, 6.45) is 1.73. The van der Waals surface area contributed by atoms with Gasteiger partial charge in [-0.15, -0.1) is 11.3 Å². The molecule has 0 saturated carbocycles. The first-order chi connectivity index (χ1) is 18.1. The lowest BCUT2D eigenvalue weighted by Gasteiger charge is -2.37. The molecular weight excluding hydrogens is 486 g/mol. The zero-order valence-electron chi connectivity index (χ0n) is 21.0. The Morgan fingerprint density at radius 1 is 0.919 bits per heavy atom. The van der Waals surface area contributed by atoms with E-state index in [0.29, 0.717) is 49.8 Å². The summed E-state index contributed by atoms with van der Waals surface area (Å²) in [5, 5.41) is 2.17. The molecule has 1 unspecified atom stereocenters. The fraction of sp³-hybridized carbons (Fsp3) is 0.379. The summed E-state index contributed by atoms with van der Waals surface area (Å²) in [7, 11) is 0. The Balaban J connectivity index is 1.14. The van der Waals surface area contributed by atoms with Gasteiger partial charge in [-0.25, -0.2) is 0 Å². The average molecular weight is 518 g/mol. The number of carbonyl (C=O) groups excluding carboxylic acids is 2. The third-order valence-corrected chi connectivity index (χ3v) is 8.64. The lowest BCUT2D eigenvalue weighted by atomic mass is 9.90. The van der Waals surface area contributed by atoms with Crippen LogP contribution in [0, 0.1) is 6.92 Å². The molecule has 3 aliphatic heterocycles. The van der Waals surface area contributed by atoms with Crippen molar-refractivity contribution >= 4 is 23.2 Å². The molecule has 1 atom stereocenters. The maximum absolute atomic E-state index is 13.6. The van der Waals surface area contributed by atoms with Gasteiger partial charge in [0, 0.05) is 43.2 Å². The summed E-state index contributed by atoms with van der Waals surface area (Å²) >= 11 is 1.81. The van der Waals surface area contributed by atoms with E-state index in [2.05, 4.69) is 47.5 Å². The second kappa shape index (κ2) is 10.2. The van der Waals surface area contributed by atoms with E-state index in [9.17, 15) is 9.59 Å². The van der Waals surface area contributed by atoms with Gasteiger partial charge in [-0.2, -0.15) is 0 Å². The summed E-state index contributed by atoms with van der Waals surface area (Å²) in [6, 6.07) is 16.1. The number of benzene rings is 2. The molecule has 1 saturated heterocycles. The number of ether oxygens (including phenoxy) is 2. The number of nitrogens with zero attached hydrogens (tertiary/aromatic N) is 3. The molecule has 2 aromatic carbocycles. The van der Waals surface area contributed by atoms with Gasteiger partial charge in [-0.05, 0) is 66.1 Å². The number of carbonyl (C=O) groups is 2. The van der Waals surface area contributed by atoms with Crippen molar-refractivity contribution in [3.8, 4) is 11.5 Å². The van der Waals surface area contributed by atoms with Crippen molar-refractivity contribution in [2.45, 2.75) is 25.8 Å². The van der Waals surface area contributed by atoms with Crippen LogP contribution in [0.4, 0.5) is 0 Å².